The van der Waals surface area contributed by atoms with E-state index in [1.165, 1.54) is 12.1 Å². The number of amides is 1. The van der Waals surface area contributed by atoms with E-state index in [1.807, 2.05) is 35.2 Å². The molecule has 0 N–H and O–H groups in total. The van der Waals surface area contributed by atoms with Crippen LogP contribution in [0.3, 0.4) is 0 Å². The fourth-order valence-corrected chi connectivity index (χ4v) is 5.27. The highest BCUT2D eigenvalue weighted by atomic mass is 19.1. The minimum atomic E-state index is -0.308. The predicted molar refractivity (Wildman–Crippen MR) is 136 cm³/mol. The lowest BCUT2D eigenvalue weighted by Crippen LogP contribution is -2.40. The van der Waals surface area contributed by atoms with Gasteiger partial charge < -0.3 is 14.4 Å². The van der Waals surface area contributed by atoms with Crippen LogP contribution in [-0.4, -0.2) is 39.8 Å². The third-order valence-electron chi connectivity index (χ3n) is 7.20. The van der Waals surface area contributed by atoms with Gasteiger partial charge in [0.1, 0.15) is 11.6 Å². The molecule has 2 heterocycles. The van der Waals surface area contributed by atoms with Crippen LogP contribution in [-0.2, 0) is 22.5 Å². The minimum Gasteiger partial charge on any atom is -0.439 e. The molecule has 2 aromatic carbocycles. The molecule has 7 heteroatoms. The zero-order chi connectivity index (χ0) is 24.9. The largest absolute Gasteiger partial charge is 0.439 e. The number of hydrogen-bond donors (Lipinski definition) is 0. The summed E-state index contributed by atoms with van der Waals surface area (Å²) in [6.45, 7) is 3.78. The highest BCUT2D eigenvalue weighted by molar-refractivity contribution is 5.79. The molecule has 1 atom stereocenters. The van der Waals surface area contributed by atoms with Crippen LogP contribution in [0.5, 0.6) is 11.6 Å². The van der Waals surface area contributed by atoms with Gasteiger partial charge in [-0.25, -0.2) is 9.07 Å². The molecule has 190 valence electrons. The summed E-state index contributed by atoms with van der Waals surface area (Å²) in [5.41, 5.74) is 2.45. The first-order valence-corrected chi connectivity index (χ1v) is 13.1. The quantitative estimate of drug-likeness (QED) is 0.365. The Morgan fingerprint density at radius 3 is 2.50 bits per heavy atom. The number of aromatic nitrogens is 2. The van der Waals surface area contributed by atoms with Crippen molar-refractivity contribution >= 4 is 5.91 Å². The van der Waals surface area contributed by atoms with Crippen molar-refractivity contribution in [3.63, 3.8) is 0 Å². The number of halogens is 1. The van der Waals surface area contributed by atoms with Crippen molar-refractivity contribution < 1.29 is 18.7 Å². The molecule has 1 amide bonds. The average molecular weight is 492 g/mol. The Kier molecular flexibility index (Phi) is 7.66. The van der Waals surface area contributed by atoms with Crippen molar-refractivity contribution in [2.24, 2.45) is 5.92 Å². The molecule has 0 bridgehead atoms. The minimum absolute atomic E-state index is 0.0612. The summed E-state index contributed by atoms with van der Waals surface area (Å²) in [6.07, 6.45) is 6.85. The molecule has 0 unspecified atom stereocenters. The molecule has 1 aliphatic carbocycles. The summed E-state index contributed by atoms with van der Waals surface area (Å²) < 4.78 is 27.8. The van der Waals surface area contributed by atoms with Gasteiger partial charge in [-0.3, -0.25) is 4.79 Å². The van der Waals surface area contributed by atoms with Gasteiger partial charge >= 0.3 is 0 Å². The number of ether oxygens (including phenoxy) is 2. The Morgan fingerprint density at radius 1 is 1.08 bits per heavy atom. The van der Waals surface area contributed by atoms with Gasteiger partial charge in [0, 0.05) is 19.1 Å². The number of para-hydroxylation sites is 1. The molecule has 3 aromatic rings. The Hall–Kier alpha value is -3.19. The second kappa shape index (κ2) is 11.2. The number of nitrogens with zero attached hydrogens (tertiary/aromatic N) is 3. The first-order valence-electron chi connectivity index (χ1n) is 13.1. The molecule has 2 fully saturated rings. The Balaban J connectivity index is 1.54. The lowest BCUT2D eigenvalue weighted by molar-refractivity contribution is -0.137. The van der Waals surface area contributed by atoms with E-state index >= 15 is 0 Å². The summed E-state index contributed by atoms with van der Waals surface area (Å²) in [5.74, 6) is 1.20. The maximum absolute atomic E-state index is 13.7. The normalized spacial score (nSPS) is 18.0. The van der Waals surface area contributed by atoms with Gasteiger partial charge in [0.15, 0.2) is 0 Å². The molecule has 0 radical (unpaired) electrons. The number of carbonyl (C=O) groups is 1. The first-order chi connectivity index (χ1) is 17.6. The lowest BCUT2D eigenvalue weighted by Gasteiger charge is -2.28. The number of aryl methyl sites for hydroxylation is 1. The zero-order valence-corrected chi connectivity index (χ0v) is 20.9. The van der Waals surface area contributed by atoms with Gasteiger partial charge in [0.05, 0.1) is 29.6 Å². The van der Waals surface area contributed by atoms with Crippen LogP contribution >= 0.6 is 0 Å². The van der Waals surface area contributed by atoms with E-state index < -0.39 is 0 Å². The van der Waals surface area contributed by atoms with E-state index in [1.54, 1.807) is 16.8 Å². The van der Waals surface area contributed by atoms with E-state index in [0.717, 1.165) is 56.4 Å². The van der Waals surface area contributed by atoms with Crippen LogP contribution in [0.2, 0.25) is 0 Å². The molecule has 1 saturated heterocycles. The van der Waals surface area contributed by atoms with Crippen molar-refractivity contribution in [1.29, 1.82) is 0 Å². The van der Waals surface area contributed by atoms with E-state index in [2.05, 4.69) is 6.92 Å². The Labute approximate surface area is 212 Å². The Morgan fingerprint density at radius 2 is 1.83 bits per heavy atom. The second-order valence-corrected chi connectivity index (χ2v) is 9.72. The molecular formula is C29H34FN3O3. The van der Waals surface area contributed by atoms with Crippen molar-refractivity contribution in [2.45, 2.75) is 64.5 Å². The second-order valence-electron chi connectivity index (χ2n) is 9.72. The van der Waals surface area contributed by atoms with Gasteiger partial charge in [0.25, 0.3) is 0 Å². The van der Waals surface area contributed by atoms with E-state index in [0.29, 0.717) is 36.8 Å². The third-order valence-corrected chi connectivity index (χ3v) is 7.20. The first kappa shape index (κ1) is 24.5. The summed E-state index contributed by atoms with van der Waals surface area (Å²) in [4.78, 5) is 15.6. The van der Waals surface area contributed by atoms with Gasteiger partial charge in [-0.1, -0.05) is 38.0 Å². The van der Waals surface area contributed by atoms with Crippen LogP contribution < -0.4 is 4.74 Å². The fourth-order valence-electron chi connectivity index (χ4n) is 5.27. The van der Waals surface area contributed by atoms with Crippen LogP contribution in [0.25, 0.3) is 5.69 Å². The van der Waals surface area contributed by atoms with Gasteiger partial charge in [0.2, 0.25) is 11.8 Å². The highest BCUT2D eigenvalue weighted by Crippen LogP contribution is 2.34. The molecule has 2 aliphatic rings. The molecule has 1 aliphatic heterocycles. The molecule has 36 heavy (non-hydrogen) atoms. The smallest absolute Gasteiger partial charge is 0.227 e. The summed E-state index contributed by atoms with van der Waals surface area (Å²) in [7, 11) is 0. The van der Waals surface area contributed by atoms with Crippen molar-refractivity contribution in [1.82, 2.24) is 14.7 Å². The lowest BCUT2D eigenvalue weighted by atomic mass is 10.0. The van der Waals surface area contributed by atoms with Crippen molar-refractivity contribution in [3.8, 4) is 17.3 Å². The standard InChI is InChI=1S/C29H34FN3O3/c1-2-27-26(20-32(19-25-13-8-18-35-25)28(34)21-9-6-7-10-21)29(36-24-11-4-3-5-12-24)33(31-27)23-16-14-22(30)15-17-23/h3-5,11-12,14-17,21,25H,2,6-10,13,18-20H2,1H3/t25-/m0/s1. The number of rotatable bonds is 9. The maximum atomic E-state index is 13.7. The molecule has 6 nitrogen and oxygen atoms in total. The topological polar surface area (TPSA) is 56.6 Å². The molecule has 0 spiro atoms. The molecule has 5 rings (SSSR count). The highest BCUT2D eigenvalue weighted by Gasteiger charge is 2.32. The third kappa shape index (κ3) is 5.46. The maximum Gasteiger partial charge on any atom is 0.227 e. The van der Waals surface area contributed by atoms with Crippen LogP contribution in [0, 0.1) is 11.7 Å². The van der Waals surface area contributed by atoms with Gasteiger partial charge in [-0.15, -0.1) is 0 Å². The summed E-state index contributed by atoms with van der Waals surface area (Å²) in [6, 6.07) is 15.8. The molecular weight excluding hydrogens is 457 g/mol. The number of benzene rings is 2. The molecule has 1 aromatic heterocycles. The summed E-state index contributed by atoms with van der Waals surface area (Å²) in [5, 5.41) is 4.87. The average Bonchev–Trinajstić information content (AvgIpc) is 3.67. The van der Waals surface area contributed by atoms with Crippen molar-refractivity contribution in [3.05, 3.63) is 71.7 Å². The number of hydrogen-bond acceptors (Lipinski definition) is 4. The fraction of sp³-hybridized carbons (Fsp3) is 0.448. The van der Waals surface area contributed by atoms with E-state index in [9.17, 15) is 9.18 Å². The van der Waals surface area contributed by atoms with Crippen LogP contribution in [0.15, 0.2) is 54.6 Å². The van der Waals surface area contributed by atoms with Gasteiger partial charge in [-0.2, -0.15) is 5.10 Å². The van der Waals surface area contributed by atoms with Crippen molar-refractivity contribution in [2.75, 3.05) is 13.2 Å². The van der Waals surface area contributed by atoms with E-state index in [-0.39, 0.29) is 23.7 Å². The van der Waals surface area contributed by atoms with Crippen LogP contribution in [0.4, 0.5) is 4.39 Å². The predicted octanol–water partition coefficient (Wildman–Crippen LogP) is 6.06. The van der Waals surface area contributed by atoms with Gasteiger partial charge in [-0.05, 0) is 68.5 Å². The number of carbonyl (C=O) groups excluding carboxylic acids is 1. The molecule has 1 saturated carbocycles. The zero-order valence-electron chi connectivity index (χ0n) is 20.9. The monoisotopic (exact) mass is 491 g/mol. The summed E-state index contributed by atoms with van der Waals surface area (Å²) >= 11 is 0. The van der Waals surface area contributed by atoms with E-state index in [4.69, 9.17) is 14.6 Å². The SMILES string of the molecule is CCc1nn(-c2ccc(F)cc2)c(Oc2ccccc2)c1CN(C[C@@H]1CCCO1)C(=O)C1CCCC1. The Bertz CT molecular complexity index is 1150. The van der Waals surface area contributed by atoms with Crippen LogP contribution in [0.1, 0.15) is 56.7 Å².